The molecule has 0 heterocycles. The molecule has 0 aromatic heterocycles. The molecule has 1 rings (SSSR count). The summed E-state index contributed by atoms with van der Waals surface area (Å²) in [4.78, 5) is 10.7. The van der Waals surface area contributed by atoms with Gasteiger partial charge in [0, 0.05) is 6.42 Å². The summed E-state index contributed by atoms with van der Waals surface area (Å²) >= 11 is 0. The van der Waals surface area contributed by atoms with Gasteiger partial charge >= 0.3 is 0 Å². The van der Waals surface area contributed by atoms with E-state index >= 15 is 0 Å². The van der Waals surface area contributed by atoms with Crippen LogP contribution in [0, 0.1) is 0 Å². The van der Waals surface area contributed by atoms with E-state index in [9.17, 15) is 4.79 Å². The minimum absolute atomic E-state index is 0. The lowest BCUT2D eigenvalue weighted by molar-refractivity contribution is -0.113. The Morgan fingerprint density at radius 1 is 1.30 bits per heavy atom. The lowest BCUT2D eigenvalue weighted by Gasteiger charge is -2.07. The molecule has 4 nitrogen and oxygen atoms in total. The second-order valence-electron chi connectivity index (χ2n) is 2.18. The minimum atomic E-state index is 0. The van der Waals surface area contributed by atoms with Gasteiger partial charge in [-0.2, -0.15) is 0 Å². The fourth-order valence-corrected chi connectivity index (χ4v) is 0.967. The van der Waals surface area contributed by atoms with Gasteiger partial charge in [0.15, 0.2) is 5.78 Å². The Morgan fingerprint density at radius 3 is 2.30 bits per heavy atom. The molecule has 3 N–H and O–H groups in total. The topological polar surface area (TPSA) is 81.2 Å². The van der Waals surface area contributed by atoms with Crippen LogP contribution in [0.2, 0.25) is 0 Å². The number of nitrogens with zero attached hydrogens (tertiary/aromatic N) is 1. The molecule has 58 valence electrons. The van der Waals surface area contributed by atoms with Gasteiger partial charge in [-0.15, -0.1) is 0 Å². The largest absolute Gasteiger partial charge is 0.412 e. The van der Waals surface area contributed by atoms with Crippen molar-refractivity contribution in [3.8, 4) is 0 Å². The van der Waals surface area contributed by atoms with Crippen molar-refractivity contribution in [3.63, 3.8) is 0 Å². The van der Waals surface area contributed by atoms with Gasteiger partial charge in [-0.25, -0.2) is 0 Å². The monoisotopic (exact) mass is 145 g/mol. The van der Waals surface area contributed by atoms with Crippen molar-refractivity contribution in [1.29, 1.82) is 0 Å². The second-order valence-corrected chi connectivity index (χ2v) is 2.18. The number of Topliss-reactive ketones (excluding diaryl/α,β-unsaturated/α-hetero) is 1. The van der Waals surface area contributed by atoms with Gasteiger partial charge in [0.25, 0.3) is 0 Å². The van der Waals surface area contributed by atoms with Crippen molar-refractivity contribution in [2.75, 3.05) is 0 Å². The van der Waals surface area contributed by atoms with E-state index in [1.54, 1.807) is 0 Å². The van der Waals surface area contributed by atoms with Crippen LogP contribution in [0.1, 0.15) is 25.7 Å². The van der Waals surface area contributed by atoms with Crippen LogP contribution >= 0.6 is 0 Å². The Morgan fingerprint density at radius 2 is 1.90 bits per heavy atom. The maximum absolute atomic E-state index is 10.7. The molecule has 0 saturated heterocycles. The average molecular weight is 145 g/mol. The highest BCUT2D eigenvalue weighted by molar-refractivity contribution is 6.40. The molecule has 1 fully saturated rings. The van der Waals surface area contributed by atoms with Gasteiger partial charge in [-0.05, 0) is 19.3 Å². The Bertz CT molecular complexity index is 153. The Hall–Kier alpha value is -0.900. The number of rotatable bonds is 0. The van der Waals surface area contributed by atoms with Crippen molar-refractivity contribution in [2.24, 2.45) is 5.16 Å². The maximum Gasteiger partial charge on any atom is 0.180 e. The predicted octanol–water partition coefficient (Wildman–Crippen LogP) is 0.135. The quantitative estimate of drug-likeness (QED) is 0.388. The van der Waals surface area contributed by atoms with E-state index in [1.165, 1.54) is 0 Å². The smallest absolute Gasteiger partial charge is 0.180 e. The van der Waals surface area contributed by atoms with Gasteiger partial charge in [-0.3, -0.25) is 4.79 Å². The fourth-order valence-electron chi connectivity index (χ4n) is 0.967. The van der Waals surface area contributed by atoms with E-state index in [1.807, 2.05) is 0 Å². The first-order chi connectivity index (χ1) is 4.34. The van der Waals surface area contributed by atoms with Crippen molar-refractivity contribution in [3.05, 3.63) is 0 Å². The van der Waals surface area contributed by atoms with E-state index in [0.29, 0.717) is 18.6 Å². The van der Waals surface area contributed by atoms with Gasteiger partial charge in [0.05, 0.1) is 0 Å². The number of oxime groups is 1. The summed E-state index contributed by atoms with van der Waals surface area (Å²) in [6.45, 7) is 0. The molecule has 1 aliphatic carbocycles. The SMILES string of the molecule is O.O=C1CCCCC1=NO. The van der Waals surface area contributed by atoms with Gasteiger partial charge < -0.3 is 10.7 Å². The zero-order valence-corrected chi connectivity index (χ0v) is 5.63. The first kappa shape index (κ1) is 9.10. The van der Waals surface area contributed by atoms with Crippen molar-refractivity contribution < 1.29 is 15.5 Å². The average Bonchev–Trinajstić information content (AvgIpc) is 1.89. The van der Waals surface area contributed by atoms with E-state index in [4.69, 9.17) is 5.21 Å². The standard InChI is InChI=1S/C6H9NO2.H2O/c8-6-4-2-1-3-5(6)7-9;/h9H,1-4H2;1H2. The molecule has 4 heteroatoms. The lowest BCUT2D eigenvalue weighted by atomic mass is 9.97. The third kappa shape index (κ3) is 1.80. The summed E-state index contributed by atoms with van der Waals surface area (Å²) in [5, 5.41) is 11.1. The molecule has 0 bridgehead atoms. The summed E-state index contributed by atoms with van der Waals surface area (Å²) in [7, 11) is 0. The Labute approximate surface area is 58.8 Å². The third-order valence-electron chi connectivity index (χ3n) is 1.51. The summed E-state index contributed by atoms with van der Waals surface area (Å²) in [5.74, 6) is 0.00347. The van der Waals surface area contributed by atoms with Crippen LogP contribution in [0.3, 0.4) is 0 Å². The zero-order valence-electron chi connectivity index (χ0n) is 5.63. The lowest BCUT2D eigenvalue weighted by Crippen LogP contribution is -2.18. The van der Waals surface area contributed by atoms with E-state index in [0.717, 1.165) is 12.8 Å². The number of hydrogen-bond acceptors (Lipinski definition) is 3. The number of hydrogen-bond donors (Lipinski definition) is 1. The number of carbonyl (C=O) groups excluding carboxylic acids is 1. The van der Waals surface area contributed by atoms with Gasteiger partial charge in [-0.1, -0.05) is 5.16 Å². The maximum atomic E-state index is 10.7. The molecule has 1 saturated carbocycles. The molecule has 0 aliphatic heterocycles. The highest BCUT2D eigenvalue weighted by Gasteiger charge is 2.16. The number of carbonyl (C=O) groups is 1. The zero-order chi connectivity index (χ0) is 6.69. The molecule has 0 aromatic rings. The first-order valence-corrected chi connectivity index (χ1v) is 3.08. The van der Waals surface area contributed by atoms with Crippen LogP contribution in [-0.4, -0.2) is 22.2 Å². The summed E-state index contributed by atoms with van der Waals surface area (Å²) in [6, 6.07) is 0. The molecule has 10 heavy (non-hydrogen) atoms. The van der Waals surface area contributed by atoms with E-state index < -0.39 is 0 Å². The fraction of sp³-hybridized carbons (Fsp3) is 0.667. The summed E-state index contributed by atoms with van der Waals surface area (Å²) in [5.41, 5.74) is 0.348. The van der Waals surface area contributed by atoms with Gasteiger partial charge in [0.1, 0.15) is 5.71 Å². The molecule has 0 aromatic carbocycles. The van der Waals surface area contributed by atoms with Crippen LogP contribution in [-0.2, 0) is 4.79 Å². The van der Waals surface area contributed by atoms with Crippen LogP contribution in [0.4, 0.5) is 0 Å². The first-order valence-electron chi connectivity index (χ1n) is 3.08. The van der Waals surface area contributed by atoms with Crippen molar-refractivity contribution in [2.45, 2.75) is 25.7 Å². The molecule has 0 atom stereocenters. The molecule has 0 radical (unpaired) electrons. The van der Waals surface area contributed by atoms with Crippen LogP contribution < -0.4 is 0 Å². The highest BCUT2D eigenvalue weighted by Crippen LogP contribution is 2.10. The molecule has 0 spiro atoms. The highest BCUT2D eigenvalue weighted by atomic mass is 16.4. The Kier molecular flexibility index (Phi) is 3.64. The van der Waals surface area contributed by atoms with Crippen LogP contribution in [0.25, 0.3) is 0 Å². The second kappa shape index (κ2) is 4.00. The minimum Gasteiger partial charge on any atom is -0.412 e. The molecule has 0 unspecified atom stereocenters. The van der Waals surface area contributed by atoms with E-state index in [2.05, 4.69) is 5.16 Å². The Balaban J connectivity index is 0.000000810. The summed E-state index contributed by atoms with van der Waals surface area (Å²) in [6.07, 6.45) is 3.12. The van der Waals surface area contributed by atoms with Crippen LogP contribution in [0.15, 0.2) is 5.16 Å². The molecule has 0 amide bonds. The molecule has 1 aliphatic rings. The normalized spacial score (nSPS) is 22.4. The van der Waals surface area contributed by atoms with Gasteiger partial charge in [0.2, 0.25) is 0 Å². The molecular weight excluding hydrogens is 134 g/mol. The van der Waals surface area contributed by atoms with Crippen LogP contribution in [0.5, 0.6) is 0 Å². The summed E-state index contributed by atoms with van der Waals surface area (Å²) < 4.78 is 0. The van der Waals surface area contributed by atoms with E-state index in [-0.39, 0.29) is 11.3 Å². The van der Waals surface area contributed by atoms with Crippen molar-refractivity contribution >= 4 is 11.5 Å². The third-order valence-corrected chi connectivity index (χ3v) is 1.51. The molecular formula is C6H11NO3. The number of ketones is 1. The predicted molar refractivity (Wildman–Crippen MR) is 36.3 cm³/mol. The van der Waals surface area contributed by atoms with Crippen molar-refractivity contribution in [1.82, 2.24) is 0 Å².